The predicted octanol–water partition coefficient (Wildman–Crippen LogP) is 6.04. The predicted molar refractivity (Wildman–Crippen MR) is 102 cm³/mol. The van der Waals surface area contributed by atoms with Gasteiger partial charge in [0.15, 0.2) is 0 Å². The van der Waals surface area contributed by atoms with Crippen LogP contribution in [0, 0.1) is 0 Å². The van der Waals surface area contributed by atoms with E-state index in [2.05, 4.69) is 73.2 Å². The molecule has 0 unspecified atom stereocenters. The summed E-state index contributed by atoms with van der Waals surface area (Å²) in [6, 6.07) is 15.3. The number of hydrogen-bond acceptors (Lipinski definition) is 2. The second-order valence-corrected chi connectivity index (χ2v) is 7.04. The fourth-order valence-corrected chi connectivity index (χ4v) is 4.53. The molecule has 2 aliphatic carbocycles. The largest absolute Gasteiger partial charge is 0.129 e. The summed E-state index contributed by atoms with van der Waals surface area (Å²) in [6.07, 6.45) is 11.1. The first-order valence-electron chi connectivity index (χ1n) is 7.28. The van der Waals surface area contributed by atoms with E-state index in [9.17, 15) is 0 Å². The van der Waals surface area contributed by atoms with E-state index in [-0.39, 0.29) is 0 Å². The van der Waals surface area contributed by atoms with Gasteiger partial charge in [0.25, 0.3) is 0 Å². The van der Waals surface area contributed by atoms with Crippen LogP contribution in [0.5, 0.6) is 0 Å². The molecular formula is C20H16S2. The summed E-state index contributed by atoms with van der Waals surface area (Å²) in [7, 11) is 0. The molecule has 4 rings (SSSR count). The molecule has 0 aromatic heterocycles. The van der Waals surface area contributed by atoms with Gasteiger partial charge in [0.2, 0.25) is 0 Å². The van der Waals surface area contributed by atoms with Crippen LogP contribution in [-0.4, -0.2) is 12.5 Å². The minimum atomic E-state index is 1.30. The Labute approximate surface area is 139 Å². The third-order valence-corrected chi connectivity index (χ3v) is 5.77. The molecule has 0 bridgehead atoms. The van der Waals surface area contributed by atoms with E-state index >= 15 is 0 Å². The lowest BCUT2D eigenvalue weighted by atomic mass is 9.96. The maximum atomic E-state index is 2.33. The number of fused-ring (bicyclic) bond motifs is 2. The molecular weight excluding hydrogens is 304 g/mol. The van der Waals surface area contributed by atoms with Crippen molar-refractivity contribution >= 4 is 39.9 Å². The molecule has 0 fully saturated rings. The lowest BCUT2D eigenvalue weighted by Crippen LogP contribution is -1.91. The van der Waals surface area contributed by atoms with Crippen LogP contribution in [0.4, 0.5) is 0 Å². The average molecular weight is 320 g/mol. The SMILES string of the molecule is CSC1=CC=C2C=C(SC)C(c3cccc4ccccc34)=C21. The molecule has 108 valence electrons. The Hall–Kier alpha value is -1.64. The van der Waals surface area contributed by atoms with Crippen LogP contribution in [0.3, 0.4) is 0 Å². The smallest absolute Gasteiger partial charge is 0.0161 e. The Morgan fingerprint density at radius 2 is 1.50 bits per heavy atom. The van der Waals surface area contributed by atoms with Gasteiger partial charge in [0.1, 0.15) is 0 Å². The molecule has 0 radical (unpaired) electrons. The Bertz CT molecular complexity index is 890. The molecule has 0 nitrogen and oxygen atoms in total. The first-order chi connectivity index (χ1) is 10.8. The standard InChI is InChI=1S/C20H16S2/c1-21-17-11-10-14-12-18(22-2)20(19(14)17)16-9-5-7-13-6-3-4-8-15(13)16/h3-12H,1-2H3. The van der Waals surface area contributed by atoms with Crippen LogP contribution >= 0.6 is 23.5 Å². The van der Waals surface area contributed by atoms with Gasteiger partial charge in [0.05, 0.1) is 0 Å². The van der Waals surface area contributed by atoms with E-state index in [4.69, 9.17) is 0 Å². The number of benzene rings is 2. The summed E-state index contributed by atoms with van der Waals surface area (Å²) in [5.74, 6) is 0. The average Bonchev–Trinajstić information content (AvgIpc) is 3.12. The van der Waals surface area contributed by atoms with Gasteiger partial charge < -0.3 is 0 Å². The van der Waals surface area contributed by atoms with Crippen molar-refractivity contribution in [3.8, 4) is 0 Å². The first kappa shape index (κ1) is 14.0. The van der Waals surface area contributed by atoms with Crippen molar-refractivity contribution in [3.05, 3.63) is 87.2 Å². The number of thioether (sulfide) groups is 2. The number of hydrogen-bond donors (Lipinski definition) is 0. The van der Waals surface area contributed by atoms with Gasteiger partial charge in [-0.15, -0.1) is 23.5 Å². The zero-order chi connectivity index (χ0) is 15.1. The molecule has 0 spiro atoms. The van der Waals surface area contributed by atoms with Gasteiger partial charge in [0, 0.05) is 21.0 Å². The van der Waals surface area contributed by atoms with E-state index in [0.29, 0.717) is 0 Å². The third kappa shape index (κ3) is 2.02. The summed E-state index contributed by atoms with van der Waals surface area (Å²) >= 11 is 3.67. The second kappa shape index (κ2) is 5.53. The second-order valence-electron chi connectivity index (χ2n) is 5.35. The fraction of sp³-hybridized carbons (Fsp3) is 0.100. The zero-order valence-electron chi connectivity index (χ0n) is 12.6. The molecule has 0 N–H and O–H groups in total. The molecule has 22 heavy (non-hydrogen) atoms. The van der Waals surface area contributed by atoms with Crippen molar-refractivity contribution in [2.24, 2.45) is 0 Å². The Balaban J connectivity index is 2.03. The Morgan fingerprint density at radius 1 is 0.727 bits per heavy atom. The molecule has 2 heteroatoms. The zero-order valence-corrected chi connectivity index (χ0v) is 14.2. The van der Waals surface area contributed by atoms with Crippen LogP contribution in [-0.2, 0) is 0 Å². The first-order valence-corrected chi connectivity index (χ1v) is 9.73. The monoisotopic (exact) mass is 320 g/mol. The van der Waals surface area contributed by atoms with Gasteiger partial charge in [-0.25, -0.2) is 0 Å². The van der Waals surface area contributed by atoms with Crippen LogP contribution < -0.4 is 0 Å². The molecule has 0 aliphatic heterocycles. The van der Waals surface area contributed by atoms with Crippen LogP contribution in [0.2, 0.25) is 0 Å². The third-order valence-electron chi connectivity index (χ3n) is 4.23. The van der Waals surface area contributed by atoms with E-state index in [1.54, 1.807) is 0 Å². The highest BCUT2D eigenvalue weighted by Crippen LogP contribution is 2.50. The van der Waals surface area contributed by atoms with Gasteiger partial charge in [-0.05, 0) is 46.6 Å². The van der Waals surface area contributed by atoms with Crippen LogP contribution in [0.15, 0.2) is 81.6 Å². The van der Waals surface area contributed by atoms with Crippen molar-refractivity contribution < 1.29 is 0 Å². The minimum Gasteiger partial charge on any atom is -0.129 e. The molecule has 0 atom stereocenters. The summed E-state index contributed by atoms with van der Waals surface area (Å²) in [4.78, 5) is 2.75. The highest BCUT2D eigenvalue weighted by Gasteiger charge is 2.28. The van der Waals surface area contributed by atoms with Crippen LogP contribution in [0.25, 0.3) is 16.3 Å². The number of allylic oxidation sites excluding steroid dienone is 6. The van der Waals surface area contributed by atoms with Gasteiger partial charge in [-0.3, -0.25) is 0 Å². The molecule has 0 heterocycles. The summed E-state index contributed by atoms with van der Waals surface area (Å²) in [6.45, 7) is 0. The quantitative estimate of drug-likeness (QED) is 0.676. The highest BCUT2D eigenvalue weighted by atomic mass is 32.2. The van der Waals surface area contributed by atoms with E-state index in [0.717, 1.165) is 0 Å². The molecule has 2 aromatic carbocycles. The molecule has 0 saturated heterocycles. The van der Waals surface area contributed by atoms with Gasteiger partial charge in [-0.1, -0.05) is 48.5 Å². The lowest BCUT2D eigenvalue weighted by Gasteiger charge is -2.14. The fourth-order valence-electron chi connectivity index (χ4n) is 3.24. The highest BCUT2D eigenvalue weighted by molar-refractivity contribution is 8.03. The maximum Gasteiger partial charge on any atom is 0.0161 e. The Morgan fingerprint density at radius 3 is 2.32 bits per heavy atom. The van der Waals surface area contributed by atoms with E-state index in [1.807, 2.05) is 23.5 Å². The summed E-state index contributed by atoms with van der Waals surface area (Å²) < 4.78 is 0. The van der Waals surface area contributed by atoms with Crippen molar-refractivity contribution in [2.75, 3.05) is 12.5 Å². The Kier molecular flexibility index (Phi) is 3.51. The normalized spacial score (nSPS) is 16.7. The van der Waals surface area contributed by atoms with Gasteiger partial charge in [-0.2, -0.15) is 0 Å². The molecule has 2 aromatic rings. The van der Waals surface area contributed by atoms with Crippen molar-refractivity contribution in [2.45, 2.75) is 0 Å². The van der Waals surface area contributed by atoms with Crippen molar-refractivity contribution in [1.82, 2.24) is 0 Å². The number of rotatable bonds is 3. The van der Waals surface area contributed by atoms with E-state index in [1.165, 1.54) is 42.9 Å². The molecule has 0 saturated carbocycles. The topological polar surface area (TPSA) is 0 Å². The summed E-state index contributed by atoms with van der Waals surface area (Å²) in [5.41, 5.74) is 5.51. The summed E-state index contributed by atoms with van der Waals surface area (Å²) in [5, 5.41) is 2.64. The minimum absolute atomic E-state index is 1.30. The van der Waals surface area contributed by atoms with Gasteiger partial charge >= 0.3 is 0 Å². The molecule has 0 amide bonds. The van der Waals surface area contributed by atoms with Crippen molar-refractivity contribution in [3.63, 3.8) is 0 Å². The van der Waals surface area contributed by atoms with E-state index < -0.39 is 0 Å². The van der Waals surface area contributed by atoms with Crippen molar-refractivity contribution in [1.29, 1.82) is 0 Å². The van der Waals surface area contributed by atoms with Crippen LogP contribution in [0.1, 0.15) is 5.56 Å². The molecule has 2 aliphatic rings. The maximum absolute atomic E-state index is 2.33. The lowest BCUT2D eigenvalue weighted by molar-refractivity contribution is 1.63.